The molecule has 0 unspecified atom stereocenters. The fourth-order valence-corrected chi connectivity index (χ4v) is 5.92. The summed E-state index contributed by atoms with van der Waals surface area (Å²) in [5.74, 6) is 0.791. The lowest BCUT2D eigenvalue weighted by molar-refractivity contribution is -0.274. The molecule has 0 N–H and O–H groups in total. The number of amides is 2. The van der Waals surface area contributed by atoms with E-state index in [0.29, 0.717) is 30.2 Å². The van der Waals surface area contributed by atoms with Crippen LogP contribution >= 0.6 is 0 Å². The number of carbonyl (C=O) groups excluding carboxylic acids is 2. The Balaban J connectivity index is 1.05. The van der Waals surface area contributed by atoms with Crippen molar-refractivity contribution >= 4 is 28.4 Å². The fourth-order valence-electron chi connectivity index (χ4n) is 5.92. The number of benzene rings is 3. The number of fused-ring (bicyclic) bond motifs is 1. The van der Waals surface area contributed by atoms with Crippen molar-refractivity contribution in [1.82, 2.24) is 19.4 Å². The van der Waals surface area contributed by atoms with Crippen LogP contribution in [0.3, 0.4) is 0 Å². The van der Waals surface area contributed by atoms with E-state index in [2.05, 4.69) is 26.8 Å². The van der Waals surface area contributed by atoms with Gasteiger partial charge in [0.2, 0.25) is 5.88 Å². The Hall–Kier alpha value is -5.56. The summed E-state index contributed by atoms with van der Waals surface area (Å²) in [7, 11) is 3.39. The predicted octanol–water partition coefficient (Wildman–Crippen LogP) is 7.29. The Bertz CT molecular complexity index is 1990. The van der Waals surface area contributed by atoms with Crippen LogP contribution in [0.4, 0.5) is 18.9 Å². The molecule has 1 saturated heterocycles. The summed E-state index contributed by atoms with van der Waals surface area (Å²) in [5.41, 5.74) is 3.26. The molecule has 2 aromatic heterocycles. The van der Waals surface area contributed by atoms with Gasteiger partial charge in [0.25, 0.3) is 11.8 Å². The average molecular weight is 702 g/mol. The number of carbonyl (C=O) groups is 2. The maximum absolute atomic E-state index is 13.6. The van der Waals surface area contributed by atoms with Crippen LogP contribution < -0.4 is 19.1 Å². The van der Waals surface area contributed by atoms with E-state index < -0.39 is 18.0 Å². The highest BCUT2D eigenvalue weighted by atomic mass is 19.4. The van der Waals surface area contributed by atoms with Crippen LogP contribution in [0.25, 0.3) is 10.9 Å². The van der Waals surface area contributed by atoms with E-state index in [-0.39, 0.29) is 23.5 Å². The van der Waals surface area contributed by atoms with Gasteiger partial charge in [0.1, 0.15) is 22.9 Å². The number of hydrogen-bond donors (Lipinski definition) is 0. The van der Waals surface area contributed by atoms with Crippen LogP contribution in [0.5, 0.6) is 23.1 Å². The highest BCUT2D eigenvalue weighted by Gasteiger charge is 2.31. The van der Waals surface area contributed by atoms with E-state index in [4.69, 9.17) is 9.47 Å². The number of pyridine rings is 1. The van der Waals surface area contributed by atoms with Crippen molar-refractivity contribution in [3.8, 4) is 23.1 Å². The summed E-state index contributed by atoms with van der Waals surface area (Å²) in [5, 5.41) is 0.901. The Morgan fingerprint density at radius 3 is 2.16 bits per heavy atom. The van der Waals surface area contributed by atoms with E-state index in [1.807, 2.05) is 60.7 Å². The second-order valence-electron chi connectivity index (χ2n) is 12.6. The molecular weight excluding hydrogens is 663 g/mol. The molecule has 3 heterocycles. The lowest BCUT2D eigenvalue weighted by Gasteiger charge is -2.34. The van der Waals surface area contributed by atoms with Gasteiger partial charge in [0.05, 0.1) is 23.5 Å². The molecule has 0 radical (unpaired) electrons. The van der Waals surface area contributed by atoms with Gasteiger partial charge in [0, 0.05) is 69.9 Å². The molecule has 5 aromatic rings. The largest absolute Gasteiger partial charge is 0.573 e. The van der Waals surface area contributed by atoms with Gasteiger partial charge in [-0.15, -0.1) is 13.2 Å². The first-order valence-electron chi connectivity index (χ1n) is 16.5. The van der Waals surface area contributed by atoms with Gasteiger partial charge < -0.3 is 28.6 Å². The van der Waals surface area contributed by atoms with Gasteiger partial charge in [-0.2, -0.15) is 0 Å². The molecule has 10 nitrogen and oxygen atoms in total. The molecule has 0 bridgehead atoms. The van der Waals surface area contributed by atoms with Crippen LogP contribution in [0.2, 0.25) is 0 Å². The van der Waals surface area contributed by atoms with Crippen LogP contribution in [0.1, 0.15) is 40.3 Å². The van der Waals surface area contributed by atoms with E-state index in [9.17, 15) is 22.8 Å². The van der Waals surface area contributed by atoms with E-state index >= 15 is 0 Å². The maximum atomic E-state index is 13.6. The summed E-state index contributed by atoms with van der Waals surface area (Å²) in [4.78, 5) is 36.4. The fraction of sp³-hybridized carbons (Fsp3) is 0.289. The number of alkyl halides is 3. The second kappa shape index (κ2) is 14.7. The third kappa shape index (κ3) is 8.61. The molecule has 1 aliphatic rings. The summed E-state index contributed by atoms with van der Waals surface area (Å²) < 4.78 is 54.8. The molecule has 1 fully saturated rings. The van der Waals surface area contributed by atoms with Crippen molar-refractivity contribution in [2.45, 2.75) is 32.9 Å². The average Bonchev–Trinajstić information content (AvgIpc) is 3.43. The van der Waals surface area contributed by atoms with Crippen molar-refractivity contribution in [2.75, 3.05) is 38.1 Å². The van der Waals surface area contributed by atoms with E-state index in [0.717, 1.165) is 48.4 Å². The zero-order valence-electron chi connectivity index (χ0n) is 28.7. The van der Waals surface area contributed by atoms with E-state index in [1.54, 1.807) is 18.2 Å². The van der Waals surface area contributed by atoms with Crippen molar-refractivity contribution in [1.29, 1.82) is 0 Å². The van der Waals surface area contributed by atoms with Gasteiger partial charge in [-0.05, 0) is 80.1 Å². The molecular formula is C38H38F3N5O5. The smallest absolute Gasteiger partial charge is 0.491 e. The molecule has 1 aliphatic heterocycles. The topological polar surface area (TPSA) is 89.4 Å². The quantitative estimate of drug-likeness (QED) is 0.151. The molecule has 2 amide bonds. The molecule has 51 heavy (non-hydrogen) atoms. The van der Waals surface area contributed by atoms with Crippen molar-refractivity contribution in [3.63, 3.8) is 0 Å². The standard InChI is InChI=1S/C38H38F3N5O5/c1-25(2)49-30-11-5-26(6-12-30)24-45-17-19-46(20-18-45)37(48)34-21-28-9-15-32(22-33(28)44(34)4)50-35-16-10-29(23-42-35)43(3)36(47)27-7-13-31(14-8-27)51-38(39,40)41/h5-16,21-23,25H,17-20,24H2,1-4H3. The van der Waals surface area contributed by atoms with Gasteiger partial charge in [-0.3, -0.25) is 14.5 Å². The first kappa shape index (κ1) is 35.3. The Kier molecular flexibility index (Phi) is 10.2. The minimum absolute atomic E-state index is 0.0208. The number of aromatic nitrogens is 2. The second-order valence-corrected chi connectivity index (χ2v) is 12.6. The monoisotopic (exact) mass is 701 g/mol. The minimum atomic E-state index is -4.82. The van der Waals surface area contributed by atoms with Crippen LogP contribution in [0, 0.1) is 0 Å². The van der Waals surface area contributed by atoms with Gasteiger partial charge >= 0.3 is 6.36 Å². The number of hydrogen-bond acceptors (Lipinski definition) is 7. The number of aryl methyl sites for hydroxylation is 1. The molecule has 0 atom stereocenters. The van der Waals surface area contributed by atoms with E-state index in [1.165, 1.54) is 35.8 Å². The van der Waals surface area contributed by atoms with Crippen molar-refractivity contribution in [2.24, 2.45) is 7.05 Å². The van der Waals surface area contributed by atoms with Crippen molar-refractivity contribution in [3.05, 3.63) is 108 Å². The highest BCUT2D eigenvalue weighted by molar-refractivity contribution is 6.05. The van der Waals surface area contributed by atoms with Crippen LogP contribution in [-0.2, 0) is 13.6 Å². The summed E-state index contributed by atoms with van der Waals surface area (Å²) in [6.45, 7) is 7.65. The summed E-state index contributed by atoms with van der Waals surface area (Å²) in [6, 6.07) is 23.5. The first-order chi connectivity index (χ1) is 24.3. The number of rotatable bonds is 10. The van der Waals surface area contributed by atoms with Crippen LogP contribution in [0.15, 0.2) is 91.1 Å². The number of piperazine rings is 1. The number of ether oxygens (including phenoxy) is 3. The summed E-state index contributed by atoms with van der Waals surface area (Å²) in [6.07, 6.45) is -3.22. The molecule has 6 rings (SSSR count). The molecule has 0 saturated carbocycles. The Labute approximate surface area is 293 Å². The SMILES string of the molecule is CC(C)Oc1ccc(CN2CCN(C(=O)c3cc4ccc(Oc5ccc(N(C)C(=O)c6ccc(OC(F)(F)F)cc6)cn5)cc4n3C)CC2)cc1. The van der Waals surface area contributed by atoms with Gasteiger partial charge in [-0.1, -0.05) is 12.1 Å². The molecule has 266 valence electrons. The van der Waals surface area contributed by atoms with Gasteiger partial charge in [0.15, 0.2) is 0 Å². The number of halogens is 3. The molecule has 13 heteroatoms. The molecule has 0 aliphatic carbocycles. The highest BCUT2D eigenvalue weighted by Crippen LogP contribution is 2.29. The predicted molar refractivity (Wildman–Crippen MR) is 186 cm³/mol. The Morgan fingerprint density at radius 1 is 0.863 bits per heavy atom. The summed E-state index contributed by atoms with van der Waals surface area (Å²) >= 11 is 0. The maximum Gasteiger partial charge on any atom is 0.573 e. The molecule has 0 spiro atoms. The minimum Gasteiger partial charge on any atom is -0.491 e. The van der Waals surface area contributed by atoms with Crippen molar-refractivity contribution < 1.29 is 37.0 Å². The zero-order valence-corrected chi connectivity index (χ0v) is 28.7. The van der Waals surface area contributed by atoms with Crippen LogP contribution in [-0.4, -0.2) is 76.9 Å². The Morgan fingerprint density at radius 2 is 1.53 bits per heavy atom. The number of nitrogens with zero attached hydrogens (tertiary/aromatic N) is 5. The normalized spacial score (nSPS) is 13.8. The lowest BCUT2D eigenvalue weighted by atomic mass is 10.2. The third-order valence-electron chi connectivity index (χ3n) is 8.57. The van der Waals surface area contributed by atoms with Gasteiger partial charge in [-0.25, -0.2) is 4.98 Å². The first-order valence-corrected chi connectivity index (χ1v) is 16.5. The number of anilines is 1. The lowest BCUT2D eigenvalue weighted by Crippen LogP contribution is -2.48. The molecule has 3 aromatic carbocycles. The zero-order chi connectivity index (χ0) is 36.3. The third-order valence-corrected chi connectivity index (χ3v) is 8.57.